The average molecular weight is 454 g/mol. The molecule has 2 aliphatic heterocycles. The molecule has 2 saturated heterocycles. The van der Waals surface area contributed by atoms with Crippen LogP contribution in [0.5, 0.6) is 0 Å². The lowest BCUT2D eigenvalue weighted by Crippen LogP contribution is -2.78. The Kier molecular flexibility index (Phi) is 6.49. The Labute approximate surface area is 170 Å². The van der Waals surface area contributed by atoms with E-state index < -0.39 is 22.0 Å². The van der Waals surface area contributed by atoms with Gasteiger partial charge in [-0.15, -0.1) is 0 Å². The minimum absolute atomic E-state index is 0.00542. The van der Waals surface area contributed by atoms with Gasteiger partial charge < -0.3 is 14.9 Å². The highest BCUT2D eigenvalue weighted by atomic mass is 32.2. The molecule has 0 aromatic carbocycles. The molecule has 14 heteroatoms. The number of carboxylic acid groups (broad SMARTS) is 1. The smallest absolute Gasteiger partial charge is 0.475 e. The third-order valence-corrected chi connectivity index (χ3v) is 5.77. The van der Waals surface area contributed by atoms with Crippen LogP contribution in [0, 0.1) is 0 Å². The van der Waals surface area contributed by atoms with E-state index in [1.54, 1.807) is 33.9 Å². The maximum atomic E-state index is 12.5. The summed E-state index contributed by atoms with van der Waals surface area (Å²) in [6, 6.07) is 0. The Morgan fingerprint density at radius 3 is 2.20 bits per heavy atom. The number of carboxylic acids is 1. The van der Waals surface area contributed by atoms with Crippen molar-refractivity contribution in [2.75, 3.05) is 31.6 Å². The van der Waals surface area contributed by atoms with Crippen LogP contribution >= 0.6 is 0 Å². The van der Waals surface area contributed by atoms with Crippen LogP contribution in [-0.4, -0.2) is 94.2 Å². The van der Waals surface area contributed by atoms with Gasteiger partial charge in [-0.3, -0.25) is 14.3 Å². The molecule has 0 bridgehead atoms. The molecule has 168 valence electrons. The molecule has 0 saturated carbocycles. The number of carbonyl (C=O) groups excluding carboxylic acids is 2. The number of sulfone groups is 1. The van der Waals surface area contributed by atoms with Gasteiger partial charge in [0.05, 0.1) is 23.1 Å². The number of likely N-dealkylation sites (tertiary alicyclic amines) is 2. The van der Waals surface area contributed by atoms with Gasteiger partial charge in [-0.25, -0.2) is 13.2 Å². The molecule has 30 heavy (non-hydrogen) atoms. The van der Waals surface area contributed by atoms with Gasteiger partial charge in [-0.1, -0.05) is 0 Å². The predicted molar refractivity (Wildman–Crippen MR) is 96.2 cm³/mol. The van der Waals surface area contributed by atoms with E-state index >= 15 is 0 Å². The Morgan fingerprint density at radius 2 is 1.83 bits per heavy atom. The van der Waals surface area contributed by atoms with E-state index in [1.807, 2.05) is 0 Å². The number of halogens is 3. The van der Waals surface area contributed by atoms with Crippen LogP contribution in [0.15, 0.2) is 12.4 Å². The van der Waals surface area contributed by atoms with E-state index in [-0.39, 0.29) is 29.5 Å². The molecule has 0 aliphatic carbocycles. The zero-order valence-corrected chi connectivity index (χ0v) is 17.0. The molecule has 2 fully saturated rings. The molecule has 1 N–H and O–H groups in total. The van der Waals surface area contributed by atoms with E-state index in [4.69, 9.17) is 9.90 Å². The maximum absolute atomic E-state index is 12.5. The highest BCUT2D eigenvalue weighted by Crippen LogP contribution is 2.40. The second-order valence-electron chi connectivity index (χ2n) is 7.27. The van der Waals surface area contributed by atoms with Crippen molar-refractivity contribution in [1.29, 1.82) is 0 Å². The molecule has 3 rings (SSSR count). The molecule has 1 aromatic heterocycles. The molecule has 0 radical (unpaired) electrons. The first-order valence-electron chi connectivity index (χ1n) is 8.71. The molecule has 0 atom stereocenters. The van der Waals surface area contributed by atoms with E-state index in [2.05, 4.69) is 5.10 Å². The standard InChI is InChI=1S/C14H20N4O4S.C2HF3O2/c1-16-8-11(7-15-16)13(20)18-5-4-14(18)9-17(10-14)12(19)3-6-23(2,21)22;3-2(4,5)1(6)7/h7-8H,3-6,9-10H2,1-2H3;(H,6,7). The van der Waals surface area contributed by atoms with Crippen LogP contribution in [0.25, 0.3) is 0 Å². The van der Waals surface area contributed by atoms with Gasteiger partial charge in [-0.05, 0) is 6.42 Å². The Morgan fingerprint density at radius 1 is 1.27 bits per heavy atom. The fourth-order valence-electron chi connectivity index (χ4n) is 3.14. The zero-order chi connectivity index (χ0) is 22.9. The Balaban J connectivity index is 0.000000396. The highest BCUT2D eigenvalue weighted by molar-refractivity contribution is 7.90. The van der Waals surface area contributed by atoms with Crippen LogP contribution in [0.1, 0.15) is 23.2 Å². The predicted octanol–water partition coefficient (Wildman–Crippen LogP) is -0.0850. The number of nitrogens with zero attached hydrogens (tertiary/aromatic N) is 4. The lowest BCUT2D eigenvalue weighted by atomic mass is 9.77. The minimum Gasteiger partial charge on any atom is -0.475 e. The van der Waals surface area contributed by atoms with Crippen molar-refractivity contribution in [2.24, 2.45) is 7.05 Å². The molecule has 2 aliphatic rings. The number of aryl methyl sites for hydroxylation is 1. The van der Waals surface area contributed by atoms with Gasteiger partial charge >= 0.3 is 12.1 Å². The fourth-order valence-corrected chi connectivity index (χ4v) is 3.69. The van der Waals surface area contributed by atoms with Gasteiger partial charge in [0.25, 0.3) is 5.91 Å². The molecular weight excluding hydrogens is 433 g/mol. The first-order valence-corrected chi connectivity index (χ1v) is 10.8. The van der Waals surface area contributed by atoms with Crippen molar-refractivity contribution in [1.82, 2.24) is 19.6 Å². The number of hydrogen-bond donors (Lipinski definition) is 1. The van der Waals surface area contributed by atoms with Crippen LogP contribution in [0.2, 0.25) is 0 Å². The zero-order valence-electron chi connectivity index (χ0n) is 16.2. The molecule has 1 aromatic rings. The molecule has 1 spiro atoms. The molecule has 2 amide bonds. The van der Waals surface area contributed by atoms with Crippen LogP contribution in [-0.2, 0) is 26.5 Å². The van der Waals surface area contributed by atoms with Crippen molar-refractivity contribution < 1.29 is 41.1 Å². The van der Waals surface area contributed by atoms with Gasteiger partial charge in [-0.2, -0.15) is 18.3 Å². The van der Waals surface area contributed by atoms with Crippen molar-refractivity contribution in [3.63, 3.8) is 0 Å². The first kappa shape index (κ1) is 23.6. The summed E-state index contributed by atoms with van der Waals surface area (Å²) in [7, 11) is -1.38. The third-order valence-electron chi connectivity index (χ3n) is 4.82. The quantitative estimate of drug-likeness (QED) is 0.673. The Bertz CT molecular complexity index is 937. The molecule has 10 nitrogen and oxygen atoms in total. The molecular formula is C16H21F3N4O6S. The normalized spacial score (nSPS) is 17.5. The number of aromatic nitrogens is 2. The van der Waals surface area contributed by atoms with Crippen molar-refractivity contribution in [3.8, 4) is 0 Å². The summed E-state index contributed by atoms with van der Waals surface area (Å²) in [5.41, 5.74) is 0.279. The first-order chi connectivity index (χ1) is 13.6. The monoisotopic (exact) mass is 454 g/mol. The van der Waals surface area contributed by atoms with Gasteiger partial charge in [0.2, 0.25) is 5.91 Å². The van der Waals surface area contributed by atoms with Gasteiger partial charge in [0.1, 0.15) is 9.84 Å². The van der Waals surface area contributed by atoms with Gasteiger partial charge in [0.15, 0.2) is 0 Å². The average Bonchev–Trinajstić information content (AvgIpc) is 2.96. The summed E-state index contributed by atoms with van der Waals surface area (Å²) in [5.74, 6) is -3.12. The van der Waals surface area contributed by atoms with Crippen molar-refractivity contribution >= 4 is 27.6 Å². The second kappa shape index (κ2) is 8.24. The summed E-state index contributed by atoms with van der Waals surface area (Å²) in [6.07, 6.45) is 0.141. The number of carbonyl (C=O) groups is 3. The number of rotatable bonds is 4. The Hall–Kier alpha value is -2.64. The largest absolute Gasteiger partial charge is 0.490 e. The van der Waals surface area contributed by atoms with Gasteiger partial charge in [0, 0.05) is 45.6 Å². The number of aliphatic carboxylic acids is 1. The van der Waals surface area contributed by atoms with Crippen LogP contribution < -0.4 is 0 Å². The van der Waals surface area contributed by atoms with Crippen LogP contribution in [0.4, 0.5) is 13.2 Å². The maximum Gasteiger partial charge on any atom is 0.490 e. The summed E-state index contributed by atoms with van der Waals surface area (Å²) in [5, 5.41) is 11.1. The number of amides is 2. The fraction of sp³-hybridized carbons (Fsp3) is 0.625. The second-order valence-corrected chi connectivity index (χ2v) is 9.53. The van der Waals surface area contributed by atoms with E-state index in [0.717, 1.165) is 12.7 Å². The lowest BCUT2D eigenvalue weighted by Gasteiger charge is -2.62. The van der Waals surface area contributed by atoms with Crippen molar-refractivity contribution in [3.05, 3.63) is 18.0 Å². The number of hydrogen-bond acceptors (Lipinski definition) is 6. The van der Waals surface area contributed by atoms with Crippen molar-refractivity contribution in [2.45, 2.75) is 24.6 Å². The van der Waals surface area contributed by atoms with E-state index in [1.165, 1.54) is 0 Å². The minimum atomic E-state index is -5.08. The molecule has 0 unspecified atom stereocenters. The van der Waals surface area contributed by atoms with E-state index in [0.29, 0.717) is 25.2 Å². The lowest BCUT2D eigenvalue weighted by molar-refractivity contribution is -0.192. The summed E-state index contributed by atoms with van der Waals surface area (Å²) in [4.78, 5) is 36.8. The number of alkyl halides is 3. The summed E-state index contributed by atoms with van der Waals surface area (Å²) >= 11 is 0. The third kappa shape index (κ3) is 5.49. The van der Waals surface area contributed by atoms with Crippen LogP contribution in [0.3, 0.4) is 0 Å². The highest BCUT2D eigenvalue weighted by Gasteiger charge is 2.56. The van der Waals surface area contributed by atoms with E-state index in [9.17, 15) is 31.2 Å². The summed E-state index contributed by atoms with van der Waals surface area (Å²) in [6.45, 7) is 1.66. The molecule has 3 heterocycles. The topological polar surface area (TPSA) is 130 Å². The summed E-state index contributed by atoms with van der Waals surface area (Å²) < 4.78 is 55.6. The SMILES string of the molecule is Cn1cc(C(=O)N2CCC23CN(C(=O)CCS(C)(=O)=O)C3)cn1.O=C(O)C(F)(F)F.